The zero-order valence-corrected chi connectivity index (χ0v) is 12.5. The van der Waals surface area contributed by atoms with Crippen molar-refractivity contribution in [2.24, 2.45) is 11.7 Å². The van der Waals surface area contributed by atoms with Gasteiger partial charge in [0, 0.05) is 31.1 Å². The van der Waals surface area contributed by atoms with Gasteiger partial charge >= 0.3 is 0 Å². The number of nitrogens with zero attached hydrogens (tertiary/aromatic N) is 1. The first kappa shape index (κ1) is 13.6. The maximum absolute atomic E-state index is 6.21. The summed E-state index contributed by atoms with van der Waals surface area (Å²) >= 11 is 1.85. The number of hydrogen-bond acceptors (Lipinski definition) is 4. The molecular formula is C15H24N2OS. The summed E-state index contributed by atoms with van der Waals surface area (Å²) in [6.07, 6.45) is 5.27. The standard InChI is InChI=1S/C15H24N2OS/c1-18-11-15(10-16,12-4-5-12)17(13-6-7-13)9-14-3-2-8-19-14/h2-3,8,12-13H,4-7,9-11,16H2,1H3. The van der Waals surface area contributed by atoms with Crippen LogP contribution in [0.1, 0.15) is 30.6 Å². The van der Waals surface area contributed by atoms with E-state index in [4.69, 9.17) is 10.5 Å². The summed E-state index contributed by atoms with van der Waals surface area (Å²) in [7, 11) is 1.81. The first-order chi connectivity index (χ1) is 9.30. The molecule has 106 valence electrons. The highest BCUT2D eigenvalue weighted by molar-refractivity contribution is 7.09. The van der Waals surface area contributed by atoms with E-state index in [-0.39, 0.29) is 5.54 Å². The van der Waals surface area contributed by atoms with Gasteiger partial charge < -0.3 is 10.5 Å². The normalized spacial score (nSPS) is 22.7. The van der Waals surface area contributed by atoms with Crippen molar-refractivity contribution in [1.82, 2.24) is 4.90 Å². The van der Waals surface area contributed by atoms with Gasteiger partial charge in [0.05, 0.1) is 12.1 Å². The highest BCUT2D eigenvalue weighted by atomic mass is 32.1. The molecule has 3 nitrogen and oxygen atoms in total. The van der Waals surface area contributed by atoms with Crippen LogP contribution in [-0.4, -0.2) is 36.7 Å². The Morgan fingerprint density at radius 1 is 1.42 bits per heavy atom. The molecule has 2 aliphatic carbocycles. The summed E-state index contributed by atoms with van der Waals surface area (Å²) in [4.78, 5) is 4.11. The Hall–Kier alpha value is -0.420. The number of ether oxygens (including phenoxy) is 1. The Kier molecular flexibility index (Phi) is 3.94. The number of thiophene rings is 1. The van der Waals surface area contributed by atoms with Crippen molar-refractivity contribution in [1.29, 1.82) is 0 Å². The largest absolute Gasteiger partial charge is 0.383 e. The molecule has 1 aromatic rings. The van der Waals surface area contributed by atoms with Crippen molar-refractivity contribution >= 4 is 11.3 Å². The van der Waals surface area contributed by atoms with E-state index in [1.165, 1.54) is 30.6 Å². The van der Waals surface area contributed by atoms with Crippen molar-refractivity contribution < 1.29 is 4.74 Å². The first-order valence-corrected chi connectivity index (χ1v) is 8.16. The molecule has 19 heavy (non-hydrogen) atoms. The molecule has 1 unspecified atom stereocenters. The van der Waals surface area contributed by atoms with Crippen molar-refractivity contribution in [2.45, 2.75) is 43.8 Å². The van der Waals surface area contributed by atoms with Crippen molar-refractivity contribution in [3.63, 3.8) is 0 Å². The van der Waals surface area contributed by atoms with Crippen molar-refractivity contribution in [2.75, 3.05) is 20.3 Å². The molecule has 3 rings (SSSR count). The Morgan fingerprint density at radius 2 is 2.21 bits per heavy atom. The number of methoxy groups -OCH3 is 1. The second kappa shape index (κ2) is 5.52. The molecule has 2 fully saturated rings. The molecular weight excluding hydrogens is 256 g/mol. The third-order valence-electron chi connectivity index (χ3n) is 4.55. The minimum Gasteiger partial charge on any atom is -0.383 e. The van der Waals surface area contributed by atoms with E-state index in [1.807, 2.05) is 18.4 Å². The van der Waals surface area contributed by atoms with Crippen LogP contribution in [0.2, 0.25) is 0 Å². The molecule has 1 atom stereocenters. The summed E-state index contributed by atoms with van der Waals surface area (Å²) in [5, 5.41) is 2.16. The van der Waals surface area contributed by atoms with Crippen LogP contribution in [0.25, 0.3) is 0 Å². The molecule has 0 aromatic carbocycles. The Balaban J connectivity index is 1.83. The van der Waals surface area contributed by atoms with Gasteiger partial charge in [-0.2, -0.15) is 0 Å². The predicted octanol–water partition coefficient (Wildman–Crippen LogP) is 2.47. The second-order valence-corrected chi connectivity index (χ2v) is 6.99. The molecule has 0 saturated heterocycles. The van der Waals surface area contributed by atoms with E-state index in [1.54, 1.807) is 0 Å². The summed E-state index contributed by atoms with van der Waals surface area (Å²) in [5.41, 5.74) is 6.28. The van der Waals surface area contributed by atoms with Crippen LogP contribution in [0.5, 0.6) is 0 Å². The lowest BCUT2D eigenvalue weighted by Gasteiger charge is -2.43. The van der Waals surface area contributed by atoms with Gasteiger partial charge in [-0.15, -0.1) is 11.3 Å². The van der Waals surface area contributed by atoms with Crippen LogP contribution in [0.4, 0.5) is 0 Å². The monoisotopic (exact) mass is 280 g/mol. The van der Waals surface area contributed by atoms with Gasteiger partial charge in [0.1, 0.15) is 0 Å². The molecule has 2 saturated carbocycles. The van der Waals surface area contributed by atoms with Gasteiger partial charge in [-0.05, 0) is 43.0 Å². The minimum absolute atomic E-state index is 0.0694. The molecule has 0 aliphatic heterocycles. The molecule has 2 N–H and O–H groups in total. The van der Waals surface area contributed by atoms with E-state index in [9.17, 15) is 0 Å². The van der Waals surface area contributed by atoms with Gasteiger partial charge in [-0.1, -0.05) is 6.07 Å². The molecule has 0 amide bonds. The van der Waals surface area contributed by atoms with Gasteiger partial charge in [0.25, 0.3) is 0 Å². The lowest BCUT2D eigenvalue weighted by molar-refractivity contribution is -0.0113. The average molecular weight is 280 g/mol. The molecule has 1 heterocycles. The van der Waals surface area contributed by atoms with E-state index >= 15 is 0 Å². The summed E-state index contributed by atoms with van der Waals surface area (Å²) in [6.45, 7) is 2.53. The molecule has 1 aromatic heterocycles. The number of nitrogens with two attached hydrogens (primary N) is 1. The van der Waals surface area contributed by atoms with E-state index in [0.717, 1.165) is 25.1 Å². The molecule has 0 radical (unpaired) electrons. The average Bonchev–Trinajstić information content (AvgIpc) is 3.33. The predicted molar refractivity (Wildman–Crippen MR) is 79.3 cm³/mol. The van der Waals surface area contributed by atoms with Crippen LogP contribution < -0.4 is 5.73 Å². The summed E-state index contributed by atoms with van der Waals surface area (Å²) in [5.74, 6) is 0.734. The fraction of sp³-hybridized carbons (Fsp3) is 0.733. The topological polar surface area (TPSA) is 38.5 Å². The second-order valence-electron chi connectivity index (χ2n) is 5.95. The fourth-order valence-electron chi connectivity index (χ4n) is 3.26. The maximum Gasteiger partial charge on any atom is 0.0661 e. The quantitative estimate of drug-likeness (QED) is 0.795. The summed E-state index contributed by atoms with van der Waals surface area (Å²) < 4.78 is 5.56. The Morgan fingerprint density at radius 3 is 2.68 bits per heavy atom. The molecule has 4 heteroatoms. The Labute approximate surface area is 119 Å². The molecule has 2 aliphatic rings. The van der Waals surface area contributed by atoms with Crippen LogP contribution in [0.3, 0.4) is 0 Å². The van der Waals surface area contributed by atoms with E-state index in [2.05, 4.69) is 22.4 Å². The minimum atomic E-state index is 0.0694. The van der Waals surface area contributed by atoms with E-state index in [0.29, 0.717) is 6.54 Å². The van der Waals surface area contributed by atoms with Gasteiger partial charge in [-0.3, -0.25) is 4.90 Å². The lowest BCUT2D eigenvalue weighted by atomic mass is 9.91. The molecule has 0 spiro atoms. The highest BCUT2D eigenvalue weighted by Crippen LogP contribution is 2.47. The fourth-order valence-corrected chi connectivity index (χ4v) is 3.96. The van der Waals surface area contributed by atoms with Gasteiger partial charge in [0.2, 0.25) is 0 Å². The van der Waals surface area contributed by atoms with Gasteiger partial charge in [0.15, 0.2) is 0 Å². The first-order valence-electron chi connectivity index (χ1n) is 7.28. The zero-order chi connectivity index (χ0) is 13.3. The smallest absolute Gasteiger partial charge is 0.0661 e. The highest BCUT2D eigenvalue weighted by Gasteiger charge is 2.52. The van der Waals surface area contributed by atoms with Crippen molar-refractivity contribution in [3.8, 4) is 0 Å². The third-order valence-corrected chi connectivity index (χ3v) is 5.41. The van der Waals surface area contributed by atoms with Crippen LogP contribution >= 0.6 is 11.3 Å². The van der Waals surface area contributed by atoms with Crippen LogP contribution in [0, 0.1) is 5.92 Å². The van der Waals surface area contributed by atoms with Crippen LogP contribution in [0.15, 0.2) is 17.5 Å². The summed E-state index contributed by atoms with van der Waals surface area (Å²) in [6, 6.07) is 5.10. The number of rotatable bonds is 8. The molecule has 0 bridgehead atoms. The van der Waals surface area contributed by atoms with Gasteiger partial charge in [-0.25, -0.2) is 0 Å². The Bertz CT molecular complexity index is 400. The van der Waals surface area contributed by atoms with E-state index < -0.39 is 0 Å². The zero-order valence-electron chi connectivity index (χ0n) is 11.7. The number of hydrogen-bond donors (Lipinski definition) is 1. The maximum atomic E-state index is 6.21. The SMILES string of the molecule is COCC(CN)(C1CC1)N(Cc1cccs1)C1CC1. The lowest BCUT2D eigenvalue weighted by Crippen LogP contribution is -2.59. The third kappa shape index (κ3) is 2.72. The van der Waals surface area contributed by atoms with Crippen LogP contribution in [-0.2, 0) is 11.3 Å². The van der Waals surface area contributed by atoms with Crippen molar-refractivity contribution in [3.05, 3.63) is 22.4 Å².